The Balaban J connectivity index is 2.07. The van der Waals surface area contributed by atoms with E-state index >= 15 is 0 Å². The van der Waals surface area contributed by atoms with E-state index in [1.54, 1.807) is 6.20 Å². The molecular weight excluding hydrogens is 324 g/mol. The van der Waals surface area contributed by atoms with Crippen LogP contribution in [0, 0.1) is 27.7 Å². The Kier molecular flexibility index (Phi) is 4.09. The van der Waals surface area contributed by atoms with Gasteiger partial charge < -0.3 is 5.73 Å². The van der Waals surface area contributed by atoms with Gasteiger partial charge in [-0.25, -0.2) is 18.4 Å². The Bertz CT molecular complexity index is 896. The SMILES string of the molecule is Cc1cc(C)c(C)c(S(=O)(=O)N2CCc3cnc(N)nc3C2)c1C. The predicted molar refractivity (Wildman–Crippen MR) is 93.1 cm³/mol. The van der Waals surface area contributed by atoms with Gasteiger partial charge in [-0.2, -0.15) is 4.31 Å². The van der Waals surface area contributed by atoms with Crippen molar-refractivity contribution in [1.29, 1.82) is 0 Å². The zero-order valence-electron chi connectivity index (χ0n) is 14.4. The fourth-order valence-corrected chi connectivity index (χ4v) is 5.17. The Labute approximate surface area is 142 Å². The zero-order valence-corrected chi connectivity index (χ0v) is 15.2. The van der Waals surface area contributed by atoms with Crippen LogP contribution in [-0.2, 0) is 23.0 Å². The molecule has 3 rings (SSSR count). The molecule has 0 amide bonds. The maximum absolute atomic E-state index is 13.3. The number of benzene rings is 1. The smallest absolute Gasteiger partial charge is 0.243 e. The molecule has 7 heteroatoms. The number of hydrogen-bond donors (Lipinski definition) is 1. The highest BCUT2D eigenvalue weighted by Gasteiger charge is 2.32. The number of nitrogens with two attached hydrogens (primary N) is 1. The van der Waals surface area contributed by atoms with Crippen molar-refractivity contribution < 1.29 is 8.42 Å². The number of nitrogens with zero attached hydrogens (tertiary/aromatic N) is 3. The fraction of sp³-hybridized carbons (Fsp3) is 0.412. The van der Waals surface area contributed by atoms with E-state index in [4.69, 9.17) is 5.73 Å². The van der Waals surface area contributed by atoms with Crippen LogP contribution < -0.4 is 5.73 Å². The van der Waals surface area contributed by atoms with Crippen LogP contribution in [-0.4, -0.2) is 29.2 Å². The van der Waals surface area contributed by atoms with E-state index in [1.165, 1.54) is 4.31 Å². The van der Waals surface area contributed by atoms with Crippen molar-refractivity contribution in [2.24, 2.45) is 0 Å². The molecule has 0 unspecified atom stereocenters. The first-order chi connectivity index (χ1) is 11.2. The van der Waals surface area contributed by atoms with Gasteiger partial charge in [0.2, 0.25) is 16.0 Å². The number of hydrogen-bond acceptors (Lipinski definition) is 5. The van der Waals surface area contributed by atoms with Crippen molar-refractivity contribution >= 4 is 16.0 Å². The minimum absolute atomic E-state index is 0.173. The van der Waals surface area contributed by atoms with Gasteiger partial charge in [-0.3, -0.25) is 0 Å². The number of nitrogen functional groups attached to an aromatic ring is 1. The summed E-state index contributed by atoms with van der Waals surface area (Å²) in [5.74, 6) is 0.173. The monoisotopic (exact) mass is 346 g/mol. The van der Waals surface area contributed by atoms with Crippen molar-refractivity contribution in [2.45, 2.75) is 45.6 Å². The minimum atomic E-state index is -3.59. The summed E-state index contributed by atoms with van der Waals surface area (Å²) in [6.45, 7) is 8.28. The molecular formula is C17H22N4O2S. The standard InChI is InChI=1S/C17H22N4O2S/c1-10-7-11(2)13(4)16(12(10)3)24(22,23)21-6-5-14-8-19-17(18)20-15(14)9-21/h7-8H,5-6,9H2,1-4H3,(H2,18,19,20). The first kappa shape index (κ1) is 16.9. The number of fused-ring (bicyclic) bond motifs is 1. The summed E-state index contributed by atoms with van der Waals surface area (Å²) < 4.78 is 28.1. The summed E-state index contributed by atoms with van der Waals surface area (Å²) in [4.78, 5) is 8.62. The van der Waals surface area contributed by atoms with Crippen molar-refractivity contribution in [3.8, 4) is 0 Å². The molecule has 2 heterocycles. The average Bonchev–Trinajstić information content (AvgIpc) is 2.52. The topological polar surface area (TPSA) is 89.2 Å². The molecule has 0 spiro atoms. The van der Waals surface area contributed by atoms with Gasteiger partial charge in [-0.05, 0) is 61.9 Å². The third-order valence-corrected chi connectivity index (χ3v) is 6.94. The Morgan fingerprint density at radius 1 is 1.12 bits per heavy atom. The van der Waals surface area contributed by atoms with Crippen molar-refractivity contribution in [3.63, 3.8) is 0 Å². The van der Waals surface area contributed by atoms with Crippen LogP contribution in [0.15, 0.2) is 17.2 Å². The van der Waals surface area contributed by atoms with E-state index in [-0.39, 0.29) is 12.5 Å². The van der Waals surface area contributed by atoms with E-state index in [2.05, 4.69) is 9.97 Å². The lowest BCUT2D eigenvalue weighted by Crippen LogP contribution is -2.37. The molecule has 128 valence electrons. The number of rotatable bonds is 2. The van der Waals surface area contributed by atoms with Crippen LogP contribution >= 0.6 is 0 Å². The summed E-state index contributed by atoms with van der Waals surface area (Å²) in [6, 6.07) is 2.03. The lowest BCUT2D eigenvalue weighted by atomic mass is 10.0. The second-order valence-corrected chi connectivity index (χ2v) is 8.25. The molecule has 1 aliphatic heterocycles. The molecule has 0 fully saturated rings. The maximum Gasteiger partial charge on any atom is 0.243 e. The normalized spacial score (nSPS) is 15.3. The lowest BCUT2D eigenvalue weighted by molar-refractivity contribution is 0.384. The van der Waals surface area contributed by atoms with Gasteiger partial charge in [0.25, 0.3) is 0 Å². The molecule has 0 saturated carbocycles. The van der Waals surface area contributed by atoms with Crippen LogP contribution in [0.1, 0.15) is 33.5 Å². The fourth-order valence-electron chi connectivity index (χ4n) is 3.20. The summed E-state index contributed by atoms with van der Waals surface area (Å²) in [6.07, 6.45) is 2.28. The minimum Gasteiger partial charge on any atom is -0.368 e. The van der Waals surface area contributed by atoms with E-state index in [9.17, 15) is 8.42 Å². The third kappa shape index (κ3) is 2.67. The molecule has 1 aromatic heterocycles. The summed E-state index contributed by atoms with van der Waals surface area (Å²) in [7, 11) is -3.59. The molecule has 1 aliphatic rings. The average molecular weight is 346 g/mol. The van der Waals surface area contributed by atoms with Crippen LogP contribution in [0.25, 0.3) is 0 Å². The Morgan fingerprint density at radius 3 is 2.38 bits per heavy atom. The van der Waals surface area contributed by atoms with Gasteiger partial charge >= 0.3 is 0 Å². The van der Waals surface area contributed by atoms with Gasteiger partial charge in [-0.1, -0.05) is 6.07 Å². The number of aromatic nitrogens is 2. The number of aryl methyl sites for hydroxylation is 2. The summed E-state index contributed by atoms with van der Waals surface area (Å²) in [5.41, 5.74) is 10.9. The number of sulfonamides is 1. The first-order valence-corrected chi connectivity index (χ1v) is 9.33. The zero-order chi connectivity index (χ0) is 17.6. The van der Waals surface area contributed by atoms with Gasteiger partial charge in [0.1, 0.15) is 0 Å². The Hall–Kier alpha value is -1.99. The highest BCUT2D eigenvalue weighted by Crippen LogP contribution is 2.31. The molecule has 0 atom stereocenters. The van der Waals surface area contributed by atoms with E-state index in [1.807, 2.05) is 33.8 Å². The molecule has 2 aromatic rings. The number of anilines is 1. The van der Waals surface area contributed by atoms with Crippen LogP contribution in [0.2, 0.25) is 0 Å². The van der Waals surface area contributed by atoms with E-state index < -0.39 is 10.0 Å². The molecule has 24 heavy (non-hydrogen) atoms. The molecule has 6 nitrogen and oxygen atoms in total. The highest BCUT2D eigenvalue weighted by molar-refractivity contribution is 7.89. The van der Waals surface area contributed by atoms with Crippen LogP contribution in [0.5, 0.6) is 0 Å². The van der Waals surface area contributed by atoms with Crippen LogP contribution in [0.3, 0.4) is 0 Å². The molecule has 0 aliphatic carbocycles. The van der Waals surface area contributed by atoms with E-state index in [0.717, 1.165) is 27.8 Å². The van der Waals surface area contributed by atoms with Crippen molar-refractivity contribution in [3.05, 3.63) is 45.8 Å². The summed E-state index contributed by atoms with van der Waals surface area (Å²) in [5, 5.41) is 0. The maximum atomic E-state index is 13.3. The van der Waals surface area contributed by atoms with E-state index in [0.29, 0.717) is 23.6 Å². The molecule has 0 radical (unpaired) electrons. The molecule has 1 aromatic carbocycles. The summed E-state index contributed by atoms with van der Waals surface area (Å²) >= 11 is 0. The Morgan fingerprint density at radius 2 is 1.75 bits per heavy atom. The quantitative estimate of drug-likeness (QED) is 0.899. The third-order valence-electron chi connectivity index (χ3n) is 4.82. The highest BCUT2D eigenvalue weighted by atomic mass is 32.2. The largest absolute Gasteiger partial charge is 0.368 e. The van der Waals surface area contributed by atoms with Crippen molar-refractivity contribution in [2.75, 3.05) is 12.3 Å². The first-order valence-electron chi connectivity index (χ1n) is 7.89. The molecule has 0 bridgehead atoms. The van der Waals surface area contributed by atoms with Gasteiger partial charge in [0, 0.05) is 12.7 Å². The second kappa shape index (κ2) is 5.82. The molecule has 0 saturated heterocycles. The molecule has 2 N–H and O–H groups in total. The van der Waals surface area contributed by atoms with Crippen molar-refractivity contribution in [1.82, 2.24) is 14.3 Å². The predicted octanol–water partition coefficient (Wildman–Crippen LogP) is 2.04. The lowest BCUT2D eigenvalue weighted by Gasteiger charge is -2.29. The van der Waals surface area contributed by atoms with Crippen LogP contribution in [0.4, 0.5) is 5.95 Å². The van der Waals surface area contributed by atoms with Gasteiger partial charge in [0.15, 0.2) is 0 Å². The second-order valence-electron chi connectivity index (χ2n) is 6.38. The van der Waals surface area contributed by atoms with Gasteiger partial charge in [0.05, 0.1) is 17.1 Å². The van der Waals surface area contributed by atoms with Gasteiger partial charge in [-0.15, -0.1) is 0 Å².